The van der Waals surface area contributed by atoms with Gasteiger partial charge in [-0.25, -0.2) is 0 Å². The molecule has 3 nitrogen and oxygen atoms in total. The van der Waals surface area contributed by atoms with Crippen molar-refractivity contribution in [3.8, 4) is 0 Å². The molecular formula is C17H30N2O. The lowest BCUT2D eigenvalue weighted by atomic mass is 9.83. The number of carbonyl (C=O) groups is 1. The summed E-state index contributed by atoms with van der Waals surface area (Å²) in [5.41, 5.74) is 6.38. The van der Waals surface area contributed by atoms with Gasteiger partial charge in [0.25, 0.3) is 0 Å². The zero-order valence-electron chi connectivity index (χ0n) is 13.1. The molecule has 0 saturated heterocycles. The van der Waals surface area contributed by atoms with Crippen molar-refractivity contribution in [3.63, 3.8) is 0 Å². The molecule has 0 spiro atoms. The van der Waals surface area contributed by atoms with Gasteiger partial charge in [0.15, 0.2) is 0 Å². The van der Waals surface area contributed by atoms with Gasteiger partial charge >= 0.3 is 0 Å². The quantitative estimate of drug-likeness (QED) is 0.859. The summed E-state index contributed by atoms with van der Waals surface area (Å²) in [7, 11) is 0. The van der Waals surface area contributed by atoms with Crippen LogP contribution in [-0.2, 0) is 4.79 Å². The molecular weight excluding hydrogens is 248 g/mol. The van der Waals surface area contributed by atoms with Crippen LogP contribution >= 0.6 is 0 Å². The van der Waals surface area contributed by atoms with Crippen LogP contribution in [0.25, 0.3) is 0 Å². The molecule has 0 aromatic rings. The number of hydrogen-bond donors (Lipinski definition) is 1. The Kier molecular flexibility index (Phi) is 4.07. The average molecular weight is 278 g/mol. The monoisotopic (exact) mass is 278 g/mol. The van der Waals surface area contributed by atoms with E-state index in [4.69, 9.17) is 5.73 Å². The highest BCUT2D eigenvalue weighted by Gasteiger charge is 2.50. The minimum Gasteiger partial charge on any atom is -0.339 e. The number of amides is 1. The normalized spacial score (nSPS) is 37.0. The van der Waals surface area contributed by atoms with Crippen LogP contribution in [0.1, 0.15) is 58.8 Å². The third kappa shape index (κ3) is 2.49. The third-order valence-electron chi connectivity index (χ3n) is 5.88. The molecule has 2 N–H and O–H groups in total. The smallest absolute Gasteiger partial charge is 0.227 e. The molecule has 4 unspecified atom stereocenters. The van der Waals surface area contributed by atoms with Crippen molar-refractivity contribution in [2.45, 2.75) is 70.9 Å². The van der Waals surface area contributed by atoms with Crippen molar-refractivity contribution >= 4 is 5.91 Å². The van der Waals surface area contributed by atoms with Gasteiger partial charge in [-0.3, -0.25) is 4.79 Å². The van der Waals surface area contributed by atoms with Gasteiger partial charge in [-0.2, -0.15) is 0 Å². The number of hydrogen-bond acceptors (Lipinski definition) is 2. The molecule has 0 radical (unpaired) electrons. The van der Waals surface area contributed by atoms with Crippen molar-refractivity contribution < 1.29 is 4.79 Å². The van der Waals surface area contributed by atoms with E-state index in [0.29, 0.717) is 29.7 Å². The first kappa shape index (κ1) is 14.4. The first-order valence-electron chi connectivity index (χ1n) is 8.64. The van der Waals surface area contributed by atoms with Crippen LogP contribution in [0.2, 0.25) is 0 Å². The van der Waals surface area contributed by atoms with Crippen molar-refractivity contribution in [2.75, 3.05) is 6.54 Å². The molecule has 3 aliphatic carbocycles. The highest BCUT2D eigenvalue weighted by atomic mass is 16.2. The fourth-order valence-corrected chi connectivity index (χ4v) is 4.92. The van der Waals surface area contributed by atoms with E-state index in [0.717, 1.165) is 6.54 Å². The van der Waals surface area contributed by atoms with E-state index in [1.807, 2.05) is 0 Å². The van der Waals surface area contributed by atoms with Crippen LogP contribution in [0.3, 0.4) is 0 Å². The topological polar surface area (TPSA) is 46.3 Å². The molecule has 4 atom stereocenters. The first-order chi connectivity index (χ1) is 9.58. The van der Waals surface area contributed by atoms with Gasteiger partial charge in [-0.05, 0) is 49.9 Å². The predicted octanol–water partition coefficient (Wildman–Crippen LogP) is 2.79. The van der Waals surface area contributed by atoms with Crippen molar-refractivity contribution in [1.82, 2.24) is 4.90 Å². The number of nitrogens with zero attached hydrogens (tertiary/aromatic N) is 1. The summed E-state index contributed by atoms with van der Waals surface area (Å²) in [5.74, 6) is 2.28. The van der Waals surface area contributed by atoms with Crippen molar-refractivity contribution in [3.05, 3.63) is 0 Å². The molecule has 2 bridgehead atoms. The fourth-order valence-electron chi connectivity index (χ4n) is 4.92. The molecule has 3 aliphatic rings. The minimum absolute atomic E-state index is 0.133. The Balaban J connectivity index is 1.74. The summed E-state index contributed by atoms with van der Waals surface area (Å²) in [6.07, 6.45) is 8.67. The second-order valence-corrected chi connectivity index (χ2v) is 7.76. The number of rotatable bonds is 4. The minimum atomic E-state index is 0.133. The molecule has 3 heteroatoms. The van der Waals surface area contributed by atoms with Crippen molar-refractivity contribution in [2.24, 2.45) is 29.4 Å². The van der Waals surface area contributed by atoms with E-state index in [1.54, 1.807) is 0 Å². The second-order valence-electron chi connectivity index (χ2n) is 7.76. The van der Waals surface area contributed by atoms with Crippen LogP contribution in [0.5, 0.6) is 0 Å². The average Bonchev–Trinajstić information content (AvgIpc) is 3.11. The Morgan fingerprint density at radius 2 is 1.80 bits per heavy atom. The molecule has 3 saturated carbocycles. The zero-order valence-corrected chi connectivity index (χ0v) is 13.1. The van der Waals surface area contributed by atoms with Crippen LogP contribution in [0.4, 0.5) is 0 Å². The Bertz CT molecular complexity index is 360. The Morgan fingerprint density at radius 1 is 1.15 bits per heavy atom. The Morgan fingerprint density at radius 3 is 2.35 bits per heavy atom. The van der Waals surface area contributed by atoms with Crippen LogP contribution in [-0.4, -0.2) is 29.4 Å². The molecule has 20 heavy (non-hydrogen) atoms. The number of carbonyl (C=O) groups excluding carboxylic acids is 1. The molecule has 0 aromatic heterocycles. The van der Waals surface area contributed by atoms with Crippen LogP contribution in [0.15, 0.2) is 0 Å². The van der Waals surface area contributed by atoms with Gasteiger partial charge in [0.1, 0.15) is 0 Å². The van der Waals surface area contributed by atoms with Gasteiger partial charge in [-0.1, -0.05) is 26.7 Å². The third-order valence-corrected chi connectivity index (χ3v) is 5.88. The lowest BCUT2D eigenvalue weighted by Crippen LogP contribution is -2.50. The molecule has 114 valence electrons. The van der Waals surface area contributed by atoms with E-state index in [2.05, 4.69) is 18.7 Å². The summed E-state index contributed by atoms with van der Waals surface area (Å²) in [6, 6.07) is 0.633. The summed E-state index contributed by atoms with van der Waals surface area (Å²) >= 11 is 0. The highest BCUT2D eigenvalue weighted by molar-refractivity contribution is 5.81. The SMILES string of the molecule is CC(C)CN(C(=O)C1C2CCC(C2)C1N)C1CCCC1. The summed E-state index contributed by atoms with van der Waals surface area (Å²) in [5, 5.41) is 0. The van der Waals surface area contributed by atoms with Gasteiger partial charge in [-0.15, -0.1) is 0 Å². The van der Waals surface area contributed by atoms with Gasteiger partial charge in [0, 0.05) is 18.6 Å². The standard InChI is InChI=1S/C17H30N2O/c1-11(2)10-19(14-5-3-4-6-14)17(20)15-12-7-8-13(9-12)16(15)18/h11-16H,3-10,18H2,1-2H3. The summed E-state index contributed by atoms with van der Waals surface area (Å²) in [4.78, 5) is 15.3. The van der Waals surface area contributed by atoms with Crippen LogP contribution in [0, 0.1) is 23.7 Å². The van der Waals surface area contributed by atoms with E-state index < -0.39 is 0 Å². The molecule has 1 amide bonds. The molecule has 3 rings (SSSR count). The Hall–Kier alpha value is -0.570. The lowest BCUT2D eigenvalue weighted by molar-refractivity contribution is -0.140. The highest BCUT2D eigenvalue weighted by Crippen LogP contribution is 2.48. The van der Waals surface area contributed by atoms with Crippen molar-refractivity contribution in [1.29, 1.82) is 0 Å². The number of fused-ring (bicyclic) bond motifs is 2. The fraction of sp³-hybridized carbons (Fsp3) is 0.941. The maximum Gasteiger partial charge on any atom is 0.227 e. The zero-order chi connectivity index (χ0) is 14.3. The van der Waals surface area contributed by atoms with Gasteiger partial charge in [0.2, 0.25) is 5.91 Å². The maximum atomic E-state index is 13.1. The molecule has 3 fully saturated rings. The molecule has 0 aliphatic heterocycles. The van der Waals surface area contributed by atoms with E-state index in [1.165, 1.54) is 44.9 Å². The van der Waals surface area contributed by atoms with E-state index >= 15 is 0 Å². The summed E-state index contributed by atoms with van der Waals surface area (Å²) < 4.78 is 0. The molecule has 0 aromatic carbocycles. The second kappa shape index (κ2) is 5.67. The lowest BCUT2D eigenvalue weighted by Gasteiger charge is -2.37. The first-order valence-corrected chi connectivity index (χ1v) is 8.64. The van der Waals surface area contributed by atoms with Crippen LogP contribution < -0.4 is 5.73 Å². The van der Waals surface area contributed by atoms with E-state index in [-0.39, 0.29) is 12.0 Å². The maximum absolute atomic E-state index is 13.1. The van der Waals surface area contributed by atoms with Gasteiger partial charge in [0.05, 0.1) is 5.92 Å². The predicted molar refractivity (Wildman–Crippen MR) is 81.1 cm³/mol. The van der Waals surface area contributed by atoms with E-state index in [9.17, 15) is 4.79 Å². The number of nitrogens with two attached hydrogens (primary N) is 1. The largest absolute Gasteiger partial charge is 0.339 e. The summed E-state index contributed by atoms with van der Waals surface area (Å²) in [6.45, 7) is 5.36. The Labute approximate surface area is 123 Å². The molecule has 0 heterocycles. The van der Waals surface area contributed by atoms with Gasteiger partial charge < -0.3 is 10.6 Å².